The number of amides is 1. The monoisotopic (exact) mass is 333 g/mol. The smallest absolute Gasteiger partial charge is 0.267 e. The van der Waals surface area contributed by atoms with E-state index in [0.717, 1.165) is 16.2 Å². The molecule has 3 aromatic rings. The lowest BCUT2D eigenvalue weighted by atomic mass is 10.0. The number of carbonyl (C=O) groups excluding carboxylic acids is 1. The van der Waals surface area contributed by atoms with Crippen molar-refractivity contribution in [3.63, 3.8) is 0 Å². The summed E-state index contributed by atoms with van der Waals surface area (Å²) in [5.41, 5.74) is 2.59. The van der Waals surface area contributed by atoms with Gasteiger partial charge in [-0.15, -0.1) is 11.3 Å². The molecule has 0 aliphatic carbocycles. The van der Waals surface area contributed by atoms with E-state index in [0.29, 0.717) is 12.0 Å². The Bertz CT molecular complexity index is 860. The number of nitrogens with zero attached hydrogens (tertiary/aromatic N) is 3. The van der Waals surface area contributed by atoms with E-state index in [2.05, 4.69) is 10.1 Å². The fourth-order valence-corrected chi connectivity index (χ4v) is 3.56. The normalized spacial score (nSPS) is 16.9. The number of hydrazone groups is 1. The van der Waals surface area contributed by atoms with E-state index in [4.69, 9.17) is 0 Å². The molecule has 0 saturated carbocycles. The van der Waals surface area contributed by atoms with Gasteiger partial charge in [0.1, 0.15) is 0 Å². The van der Waals surface area contributed by atoms with Crippen LogP contribution >= 0.6 is 11.3 Å². The van der Waals surface area contributed by atoms with Gasteiger partial charge in [-0.1, -0.05) is 30.3 Å². The van der Waals surface area contributed by atoms with Gasteiger partial charge < -0.3 is 0 Å². The maximum Gasteiger partial charge on any atom is 0.274 e. The third-order valence-electron chi connectivity index (χ3n) is 4.01. The SMILES string of the molecule is O=C(c1ccccc1)N1N=C(c2cccs2)CC1c1cccnc1. The third kappa shape index (κ3) is 2.74. The van der Waals surface area contributed by atoms with Crippen LogP contribution in [0, 0.1) is 0 Å². The summed E-state index contributed by atoms with van der Waals surface area (Å²) in [6.07, 6.45) is 4.25. The molecule has 1 atom stereocenters. The molecule has 1 aliphatic rings. The molecule has 1 unspecified atom stereocenters. The van der Waals surface area contributed by atoms with Crippen LogP contribution in [0.1, 0.15) is 33.3 Å². The maximum absolute atomic E-state index is 12.9. The predicted octanol–water partition coefficient (Wildman–Crippen LogP) is 4.13. The first kappa shape index (κ1) is 14.8. The molecule has 118 valence electrons. The fraction of sp³-hybridized carbons (Fsp3) is 0.105. The van der Waals surface area contributed by atoms with Crippen LogP contribution in [0.4, 0.5) is 0 Å². The van der Waals surface area contributed by atoms with E-state index in [1.807, 2.05) is 66.2 Å². The van der Waals surface area contributed by atoms with Crippen molar-refractivity contribution in [1.82, 2.24) is 9.99 Å². The molecule has 3 heterocycles. The highest BCUT2D eigenvalue weighted by atomic mass is 32.1. The highest BCUT2D eigenvalue weighted by molar-refractivity contribution is 7.12. The summed E-state index contributed by atoms with van der Waals surface area (Å²) in [5.74, 6) is -0.0870. The highest BCUT2D eigenvalue weighted by Crippen LogP contribution is 2.34. The van der Waals surface area contributed by atoms with Gasteiger partial charge in [0.05, 0.1) is 16.6 Å². The zero-order valence-electron chi connectivity index (χ0n) is 12.9. The standard InChI is InChI=1S/C19H15N3OS/c23-19(14-6-2-1-3-7-14)22-17(15-8-4-10-20-13-15)12-16(21-22)18-9-5-11-24-18/h1-11,13,17H,12H2. The van der Waals surface area contributed by atoms with E-state index < -0.39 is 0 Å². The molecule has 0 fully saturated rings. The van der Waals surface area contributed by atoms with Gasteiger partial charge in [0.25, 0.3) is 5.91 Å². The largest absolute Gasteiger partial charge is 0.274 e. The van der Waals surface area contributed by atoms with Crippen LogP contribution in [0.25, 0.3) is 0 Å². The molecule has 0 saturated heterocycles. The molecule has 24 heavy (non-hydrogen) atoms. The minimum absolute atomic E-state index is 0.0870. The molecule has 0 bridgehead atoms. The van der Waals surface area contributed by atoms with Gasteiger partial charge in [0, 0.05) is 24.4 Å². The van der Waals surface area contributed by atoms with E-state index >= 15 is 0 Å². The first-order valence-electron chi connectivity index (χ1n) is 7.73. The Morgan fingerprint density at radius 1 is 1.08 bits per heavy atom. The van der Waals surface area contributed by atoms with Gasteiger partial charge in [0.2, 0.25) is 0 Å². The second kappa shape index (κ2) is 6.37. The van der Waals surface area contributed by atoms with Crippen molar-refractivity contribution in [3.05, 3.63) is 88.4 Å². The summed E-state index contributed by atoms with van der Waals surface area (Å²) >= 11 is 1.64. The molecule has 0 N–H and O–H groups in total. The quantitative estimate of drug-likeness (QED) is 0.723. The average Bonchev–Trinajstić information content (AvgIpc) is 3.32. The average molecular weight is 333 g/mol. The van der Waals surface area contributed by atoms with Crippen LogP contribution in [0.15, 0.2) is 77.5 Å². The Morgan fingerprint density at radius 3 is 2.67 bits per heavy atom. The molecule has 0 spiro atoms. The number of pyridine rings is 1. The number of benzene rings is 1. The van der Waals surface area contributed by atoms with E-state index in [9.17, 15) is 4.79 Å². The first-order valence-corrected chi connectivity index (χ1v) is 8.61. The Morgan fingerprint density at radius 2 is 1.96 bits per heavy atom. The van der Waals surface area contributed by atoms with Gasteiger partial charge in [0.15, 0.2) is 0 Å². The van der Waals surface area contributed by atoms with Crippen LogP contribution in [-0.4, -0.2) is 21.6 Å². The molecule has 4 rings (SSSR count). The summed E-state index contributed by atoms with van der Waals surface area (Å²) in [6.45, 7) is 0. The van der Waals surface area contributed by atoms with Crippen molar-refractivity contribution in [2.75, 3.05) is 0 Å². The Labute approximate surface area is 144 Å². The van der Waals surface area contributed by atoms with E-state index in [1.165, 1.54) is 0 Å². The summed E-state index contributed by atoms with van der Waals surface area (Å²) in [6, 6.07) is 17.1. The van der Waals surface area contributed by atoms with Crippen molar-refractivity contribution in [1.29, 1.82) is 0 Å². The number of aromatic nitrogens is 1. The predicted molar refractivity (Wildman–Crippen MR) is 95.1 cm³/mol. The van der Waals surface area contributed by atoms with Crippen molar-refractivity contribution in [2.24, 2.45) is 5.10 Å². The van der Waals surface area contributed by atoms with Crippen molar-refractivity contribution < 1.29 is 4.79 Å². The summed E-state index contributed by atoms with van der Waals surface area (Å²) < 4.78 is 0. The third-order valence-corrected chi connectivity index (χ3v) is 4.93. The molecule has 1 aliphatic heterocycles. The lowest BCUT2D eigenvalue weighted by Crippen LogP contribution is -2.27. The summed E-state index contributed by atoms with van der Waals surface area (Å²) in [5, 5.41) is 8.27. The van der Waals surface area contributed by atoms with Crippen LogP contribution in [0.5, 0.6) is 0 Å². The van der Waals surface area contributed by atoms with Gasteiger partial charge in [-0.2, -0.15) is 5.10 Å². The van der Waals surface area contributed by atoms with Gasteiger partial charge in [-0.3, -0.25) is 9.78 Å². The number of rotatable bonds is 3. The maximum atomic E-state index is 12.9. The molecule has 1 amide bonds. The van der Waals surface area contributed by atoms with E-state index in [1.54, 1.807) is 22.5 Å². The molecular formula is C19H15N3OS. The lowest BCUT2D eigenvalue weighted by molar-refractivity contribution is 0.0711. The number of carbonyl (C=O) groups is 1. The molecule has 1 aromatic carbocycles. The lowest BCUT2D eigenvalue weighted by Gasteiger charge is -2.21. The van der Waals surface area contributed by atoms with Gasteiger partial charge >= 0.3 is 0 Å². The van der Waals surface area contributed by atoms with Crippen LogP contribution in [0.3, 0.4) is 0 Å². The molecule has 2 aromatic heterocycles. The van der Waals surface area contributed by atoms with Crippen LogP contribution in [-0.2, 0) is 0 Å². The van der Waals surface area contributed by atoms with Crippen LogP contribution in [0.2, 0.25) is 0 Å². The minimum Gasteiger partial charge on any atom is -0.267 e. The highest BCUT2D eigenvalue weighted by Gasteiger charge is 2.33. The fourth-order valence-electron chi connectivity index (χ4n) is 2.83. The topological polar surface area (TPSA) is 45.6 Å². The van der Waals surface area contributed by atoms with Crippen LogP contribution < -0.4 is 0 Å². The minimum atomic E-state index is -0.122. The second-order valence-corrected chi connectivity index (χ2v) is 6.49. The van der Waals surface area contributed by atoms with Crippen molar-refractivity contribution in [2.45, 2.75) is 12.5 Å². The summed E-state index contributed by atoms with van der Waals surface area (Å²) in [7, 11) is 0. The molecule has 0 radical (unpaired) electrons. The zero-order chi connectivity index (χ0) is 16.4. The Hall–Kier alpha value is -2.79. The van der Waals surface area contributed by atoms with Gasteiger partial charge in [-0.05, 0) is 35.2 Å². The van der Waals surface area contributed by atoms with Crippen molar-refractivity contribution >= 4 is 23.0 Å². The molecule has 4 nitrogen and oxygen atoms in total. The number of thiophene rings is 1. The number of hydrogen-bond donors (Lipinski definition) is 0. The Kier molecular flexibility index (Phi) is 3.92. The molecular weight excluding hydrogens is 318 g/mol. The van der Waals surface area contributed by atoms with E-state index in [-0.39, 0.29) is 11.9 Å². The first-order chi connectivity index (χ1) is 11.8. The molecule has 5 heteroatoms. The van der Waals surface area contributed by atoms with Gasteiger partial charge in [-0.25, -0.2) is 5.01 Å². The number of hydrogen-bond acceptors (Lipinski definition) is 4. The zero-order valence-corrected chi connectivity index (χ0v) is 13.7. The van der Waals surface area contributed by atoms with Crippen molar-refractivity contribution in [3.8, 4) is 0 Å². The summed E-state index contributed by atoms with van der Waals surface area (Å²) in [4.78, 5) is 18.2. The second-order valence-electron chi connectivity index (χ2n) is 5.55. The Balaban J connectivity index is 1.72.